The van der Waals surface area contributed by atoms with Crippen molar-refractivity contribution in [3.63, 3.8) is 0 Å². The predicted molar refractivity (Wildman–Crippen MR) is 104 cm³/mol. The number of ether oxygens (including phenoxy) is 1. The molecule has 0 aliphatic rings. The van der Waals surface area contributed by atoms with E-state index < -0.39 is 0 Å². The van der Waals surface area contributed by atoms with Crippen LogP contribution in [0.2, 0.25) is 0 Å². The lowest BCUT2D eigenvalue weighted by atomic mass is 10.1. The van der Waals surface area contributed by atoms with Crippen LogP contribution >= 0.6 is 0 Å². The van der Waals surface area contributed by atoms with Crippen molar-refractivity contribution >= 4 is 11.8 Å². The Morgan fingerprint density at radius 3 is 2.54 bits per heavy atom. The fourth-order valence-corrected chi connectivity index (χ4v) is 2.49. The second kappa shape index (κ2) is 9.48. The van der Waals surface area contributed by atoms with Crippen molar-refractivity contribution in [1.29, 1.82) is 0 Å². The quantitative estimate of drug-likeness (QED) is 0.575. The van der Waals surface area contributed by atoms with E-state index in [1.54, 1.807) is 19.5 Å². The summed E-state index contributed by atoms with van der Waals surface area (Å²) in [7, 11) is 1.71. The van der Waals surface area contributed by atoms with Crippen molar-refractivity contribution in [1.82, 2.24) is 15.0 Å². The predicted octanol–water partition coefficient (Wildman–Crippen LogP) is 3.60. The molecule has 0 amide bonds. The Kier molecular flexibility index (Phi) is 6.50. The van der Waals surface area contributed by atoms with Crippen molar-refractivity contribution < 1.29 is 4.74 Å². The minimum atomic E-state index is 0.595. The Morgan fingerprint density at radius 1 is 0.962 bits per heavy atom. The summed E-state index contributed by atoms with van der Waals surface area (Å²) < 4.78 is 5.09. The summed E-state index contributed by atoms with van der Waals surface area (Å²) in [5, 5.41) is 6.65. The lowest BCUT2D eigenvalue weighted by Crippen LogP contribution is -2.10. The van der Waals surface area contributed by atoms with Gasteiger partial charge in [0, 0.05) is 50.8 Å². The summed E-state index contributed by atoms with van der Waals surface area (Å²) in [5.41, 5.74) is 3.07. The van der Waals surface area contributed by atoms with Gasteiger partial charge >= 0.3 is 0 Å². The molecule has 6 heteroatoms. The Labute approximate surface area is 153 Å². The van der Waals surface area contributed by atoms with Crippen LogP contribution in [-0.2, 0) is 11.3 Å². The highest BCUT2D eigenvalue weighted by Crippen LogP contribution is 2.21. The molecule has 2 N–H and O–H groups in total. The molecule has 6 nitrogen and oxygen atoms in total. The molecule has 0 spiro atoms. The Hall–Kier alpha value is -2.99. The zero-order valence-corrected chi connectivity index (χ0v) is 14.9. The average molecular weight is 349 g/mol. The lowest BCUT2D eigenvalue weighted by molar-refractivity contribution is 0.198. The zero-order chi connectivity index (χ0) is 18.0. The molecule has 0 aliphatic carbocycles. The van der Waals surface area contributed by atoms with Gasteiger partial charge in [-0.1, -0.05) is 30.3 Å². The number of nitrogens with one attached hydrogen (secondary N) is 2. The number of hydrogen-bond donors (Lipinski definition) is 2. The highest BCUT2D eigenvalue weighted by atomic mass is 16.5. The molecule has 0 saturated heterocycles. The fourth-order valence-electron chi connectivity index (χ4n) is 2.49. The first-order valence-corrected chi connectivity index (χ1v) is 8.65. The number of nitrogens with zero attached hydrogens (tertiary/aromatic N) is 3. The summed E-state index contributed by atoms with van der Waals surface area (Å²) in [6.45, 7) is 2.16. The van der Waals surface area contributed by atoms with E-state index in [9.17, 15) is 0 Å². The second-order valence-electron chi connectivity index (χ2n) is 5.81. The van der Waals surface area contributed by atoms with Crippen LogP contribution in [0.3, 0.4) is 0 Å². The number of benzene rings is 1. The largest absolute Gasteiger partial charge is 0.385 e. The van der Waals surface area contributed by atoms with E-state index in [-0.39, 0.29) is 0 Å². The SMILES string of the molecule is COCCCNc1cc(-c2ccccc2)nc(NCc2ccncc2)n1. The van der Waals surface area contributed by atoms with Crippen LogP contribution in [0.1, 0.15) is 12.0 Å². The molecule has 26 heavy (non-hydrogen) atoms. The van der Waals surface area contributed by atoms with Crippen LogP contribution in [0.25, 0.3) is 11.3 Å². The van der Waals surface area contributed by atoms with Crippen LogP contribution < -0.4 is 10.6 Å². The van der Waals surface area contributed by atoms with Gasteiger partial charge in [0.15, 0.2) is 0 Å². The number of rotatable bonds is 9. The van der Waals surface area contributed by atoms with Gasteiger partial charge in [0.25, 0.3) is 0 Å². The van der Waals surface area contributed by atoms with Gasteiger partial charge in [0.2, 0.25) is 5.95 Å². The summed E-state index contributed by atoms with van der Waals surface area (Å²) in [5.74, 6) is 1.39. The molecule has 2 heterocycles. The highest BCUT2D eigenvalue weighted by molar-refractivity contribution is 5.64. The average Bonchev–Trinajstić information content (AvgIpc) is 2.71. The van der Waals surface area contributed by atoms with Gasteiger partial charge in [-0.2, -0.15) is 4.98 Å². The van der Waals surface area contributed by atoms with Gasteiger partial charge in [-0.3, -0.25) is 4.98 Å². The molecule has 3 aromatic rings. The first kappa shape index (κ1) is 17.8. The van der Waals surface area contributed by atoms with E-state index in [0.29, 0.717) is 12.5 Å². The normalized spacial score (nSPS) is 10.5. The van der Waals surface area contributed by atoms with Crippen molar-refractivity contribution in [3.05, 3.63) is 66.5 Å². The number of pyridine rings is 1. The number of hydrogen-bond acceptors (Lipinski definition) is 6. The summed E-state index contributed by atoms with van der Waals surface area (Å²) in [6, 6.07) is 16.0. The summed E-state index contributed by atoms with van der Waals surface area (Å²) >= 11 is 0. The maximum Gasteiger partial charge on any atom is 0.225 e. The molecule has 1 aromatic carbocycles. The molecule has 0 aliphatic heterocycles. The standard InChI is InChI=1S/C20H23N5O/c1-26-13-5-10-22-19-14-18(17-6-3-2-4-7-17)24-20(25-19)23-15-16-8-11-21-12-9-16/h2-4,6-9,11-12,14H,5,10,13,15H2,1H3,(H2,22,23,24,25). The van der Waals surface area contributed by atoms with E-state index in [1.165, 1.54) is 0 Å². The van der Waals surface area contributed by atoms with Crippen LogP contribution in [-0.4, -0.2) is 35.2 Å². The third kappa shape index (κ3) is 5.26. The first-order valence-electron chi connectivity index (χ1n) is 8.65. The fraction of sp³-hybridized carbons (Fsp3) is 0.250. The maximum absolute atomic E-state index is 5.09. The molecule has 0 fully saturated rings. The minimum Gasteiger partial charge on any atom is -0.385 e. The zero-order valence-electron chi connectivity index (χ0n) is 14.9. The van der Waals surface area contributed by atoms with Crippen LogP contribution in [0.4, 0.5) is 11.8 Å². The Bertz CT molecular complexity index is 796. The van der Waals surface area contributed by atoms with Gasteiger partial charge in [-0.15, -0.1) is 0 Å². The van der Waals surface area contributed by atoms with E-state index >= 15 is 0 Å². The van der Waals surface area contributed by atoms with Crippen LogP contribution in [0, 0.1) is 0 Å². The Morgan fingerprint density at radius 2 is 1.77 bits per heavy atom. The summed E-state index contributed by atoms with van der Waals surface area (Å²) in [4.78, 5) is 13.3. The van der Waals surface area contributed by atoms with Crippen LogP contribution in [0.15, 0.2) is 60.9 Å². The van der Waals surface area contributed by atoms with E-state index in [4.69, 9.17) is 4.74 Å². The van der Waals surface area contributed by atoms with E-state index in [2.05, 4.69) is 25.6 Å². The molecule has 0 atom stereocenters. The number of aromatic nitrogens is 3. The van der Waals surface area contributed by atoms with Crippen LogP contribution in [0.5, 0.6) is 0 Å². The van der Waals surface area contributed by atoms with Crippen molar-refractivity contribution in [2.75, 3.05) is 30.9 Å². The highest BCUT2D eigenvalue weighted by Gasteiger charge is 2.07. The topological polar surface area (TPSA) is 72.0 Å². The molecule has 2 aromatic heterocycles. The first-order chi connectivity index (χ1) is 12.8. The third-order valence-corrected chi connectivity index (χ3v) is 3.83. The van der Waals surface area contributed by atoms with Gasteiger partial charge in [0.1, 0.15) is 5.82 Å². The van der Waals surface area contributed by atoms with E-state index in [0.717, 1.165) is 42.2 Å². The molecule has 0 radical (unpaired) electrons. The van der Waals surface area contributed by atoms with Crippen molar-refractivity contribution in [3.8, 4) is 11.3 Å². The van der Waals surface area contributed by atoms with Gasteiger partial charge in [-0.05, 0) is 24.1 Å². The van der Waals surface area contributed by atoms with Crippen molar-refractivity contribution in [2.24, 2.45) is 0 Å². The molecule has 0 saturated carbocycles. The second-order valence-corrected chi connectivity index (χ2v) is 5.81. The monoisotopic (exact) mass is 349 g/mol. The smallest absolute Gasteiger partial charge is 0.225 e. The van der Waals surface area contributed by atoms with Gasteiger partial charge in [-0.25, -0.2) is 4.98 Å². The summed E-state index contributed by atoms with van der Waals surface area (Å²) in [6.07, 6.45) is 4.48. The molecule has 134 valence electrons. The van der Waals surface area contributed by atoms with Gasteiger partial charge in [0.05, 0.1) is 5.69 Å². The molecular formula is C20H23N5O. The number of anilines is 2. The minimum absolute atomic E-state index is 0.595. The third-order valence-electron chi connectivity index (χ3n) is 3.83. The van der Waals surface area contributed by atoms with E-state index in [1.807, 2.05) is 48.5 Å². The molecule has 3 rings (SSSR count). The molecule has 0 bridgehead atoms. The maximum atomic E-state index is 5.09. The molecule has 0 unspecified atom stereocenters. The van der Waals surface area contributed by atoms with Crippen molar-refractivity contribution in [2.45, 2.75) is 13.0 Å². The molecular weight excluding hydrogens is 326 g/mol. The Balaban J connectivity index is 1.77. The van der Waals surface area contributed by atoms with Gasteiger partial charge < -0.3 is 15.4 Å². The lowest BCUT2D eigenvalue weighted by Gasteiger charge is -2.11. The number of methoxy groups -OCH3 is 1.